The maximum atomic E-state index is 13.4. The number of aromatic amines is 1. The summed E-state index contributed by atoms with van der Waals surface area (Å²) in [6.07, 6.45) is 4.36. The fourth-order valence-electron chi connectivity index (χ4n) is 3.35. The van der Waals surface area contributed by atoms with E-state index in [0.717, 1.165) is 29.3 Å². The Morgan fingerprint density at radius 3 is 3.08 bits per heavy atom. The average Bonchev–Trinajstić information content (AvgIpc) is 3.21. The van der Waals surface area contributed by atoms with Crippen LogP contribution in [0.4, 0.5) is 9.18 Å². The van der Waals surface area contributed by atoms with Crippen LogP contribution in [0.5, 0.6) is 0 Å². The molecule has 2 heterocycles. The Kier molecular flexibility index (Phi) is 5.21. The van der Waals surface area contributed by atoms with Crippen molar-refractivity contribution in [3.8, 4) is 0 Å². The van der Waals surface area contributed by atoms with Crippen LogP contribution >= 0.6 is 0 Å². The molecule has 2 aromatic rings. The van der Waals surface area contributed by atoms with Crippen LogP contribution in [0.15, 0.2) is 24.4 Å². The van der Waals surface area contributed by atoms with Crippen LogP contribution in [-0.4, -0.2) is 48.1 Å². The molecule has 1 aromatic carbocycles. The number of fused-ring (bicyclic) bond motifs is 1. The van der Waals surface area contributed by atoms with Crippen molar-refractivity contribution in [2.24, 2.45) is 0 Å². The third-order valence-electron chi connectivity index (χ3n) is 4.67. The maximum absolute atomic E-state index is 13.4. The van der Waals surface area contributed by atoms with E-state index < -0.39 is 0 Å². The number of rotatable bonds is 5. The lowest BCUT2D eigenvalue weighted by atomic mass is 10.1. The van der Waals surface area contributed by atoms with Gasteiger partial charge >= 0.3 is 12.0 Å². The van der Waals surface area contributed by atoms with Gasteiger partial charge in [-0.1, -0.05) is 0 Å². The van der Waals surface area contributed by atoms with Crippen LogP contribution in [0.2, 0.25) is 0 Å². The number of nitrogens with zero attached hydrogens (tertiary/aromatic N) is 1. The minimum atomic E-state index is -0.300. The first kappa shape index (κ1) is 17.3. The van der Waals surface area contributed by atoms with E-state index >= 15 is 0 Å². The number of H-pyrrole nitrogens is 1. The van der Waals surface area contributed by atoms with E-state index in [1.807, 2.05) is 6.20 Å². The van der Waals surface area contributed by atoms with Gasteiger partial charge < -0.3 is 19.9 Å². The van der Waals surface area contributed by atoms with Gasteiger partial charge in [-0.05, 0) is 43.0 Å². The van der Waals surface area contributed by atoms with Crippen molar-refractivity contribution in [2.75, 3.05) is 20.2 Å². The molecule has 6 nitrogen and oxygen atoms in total. The van der Waals surface area contributed by atoms with Gasteiger partial charge in [0.15, 0.2) is 0 Å². The quantitative estimate of drug-likeness (QED) is 0.817. The van der Waals surface area contributed by atoms with E-state index in [9.17, 15) is 14.0 Å². The molecule has 3 rings (SSSR count). The lowest BCUT2D eigenvalue weighted by Crippen LogP contribution is -2.44. The summed E-state index contributed by atoms with van der Waals surface area (Å²) in [6.45, 7) is 1.09. The van der Waals surface area contributed by atoms with Crippen LogP contribution in [-0.2, 0) is 16.0 Å². The lowest BCUT2D eigenvalue weighted by molar-refractivity contribution is -0.141. The van der Waals surface area contributed by atoms with Gasteiger partial charge in [0.2, 0.25) is 0 Å². The molecular formula is C18H22FN3O3. The molecule has 0 aliphatic carbocycles. The number of hydrogen-bond acceptors (Lipinski definition) is 3. The summed E-state index contributed by atoms with van der Waals surface area (Å²) in [5.74, 6) is -0.578. The highest BCUT2D eigenvalue weighted by molar-refractivity contribution is 5.83. The standard InChI is InChI=1S/C18H22FN3O3/c1-25-17(23)10-14-3-2-8-22(14)18(24)20-7-6-12-11-21-16-5-4-13(19)9-15(12)16/h4-5,9,11,14,21H,2-3,6-8,10H2,1H3,(H,20,24)/t14-/m0/s1. The van der Waals surface area contributed by atoms with Crippen molar-refractivity contribution in [1.29, 1.82) is 0 Å². The first-order valence-electron chi connectivity index (χ1n) is 8.45. The van der Waals surface area contributed by atoms with Gasteiger partial charge in [-0.2, -0.15) is 0 Å². The Bertz CT molecular complexity index is 774. The maximum Gasteiger partial charge on any atom is 0.317 e. The number of methoxy groups -OCH3 is 1. The Balaban J connectivity index is 1.55. The predicted octanol–water partition coefficient (Wildman–Crippen LogP) is 2.59. The number of esters is 1. The Morgan fingerprint density at radius 1 is 1.44 bits per heavy atom. The largest absolute Gasteiger partial charge is 0.469 e. The molecule has 0 bridgehead atoms. The average molecular weight is 347 g/mol. The molecule has 1 saturated heterocycles. The smallest absolute Gasteiger partial charge is 0.317 e. The van der Waals surface area contributed by atoms with Gasteiger partial charge in [-0.15, -0.1) is 0 Å². The highest BCUT2D eigenvalue weighted by atomic mass is 19.1. The number of likely N-dealkylation sites (tertiary alicyclic amines) is 1. The van der Waals surface area contributed by atoms with Crippen LogP contribution in [0.25, 0.3) is 10.9 Å². The first-order valence-corrected chi connectivity index (χ1v) is 8.45. The summed E-state index contributed by atoms with van der Waals surface area (Å²) in [5.41, 5.74) is 1.84. The molecule has 0 unspecified atom stereocenters. The zero-order chi connectivity index (χ0) is 17.8. The number of nitrogens with one attached hydrogen (secondary N) is 2. The van der Waals surface area contributed by atoms with Crippen LogP contribution in [0.1, 0.15) is 24.8 Å². The molecule has 1 aliphatic rings. The fraction of sp³-hybridized carbons (Fsp3) is 0.444. The minimum absolute atomic E-state index is 0.102. The molecular weight excluding hydrogens is 325 g/mol. The van der Waals surface area contributed by atoms with Gasteiger partial charge in [0.05, 0.1) is 13.5 Å². The second kappa shape index (κ2) is 7.55. The molecule has 2 N–H and O–H groups in total. The minimum Gasteiger partial charge on any atom is -0.469 e. The molecule has 134 valence electrons. The number of halogens is 1. The second-order valence-corrected chi connectivity index (χ2v) is 6.26. The molecule has 7 heteroatoms. The summed E-state index contributed by atoms with van der Waals surface area (Å²) in [7, 11) is 1.35. The Hall–Kier alpha value is -2.57. The zero-order valence-electron chi connectivity index (χ0n) is 14.2. The number of aromatic nitrogens is 1. The topological polar surface area (TPSA) is 74.4 Å². The van der Waals surface area contributed by atoms with E-state index in [0.29, 0.717) is 19.5 Å². The second-order valence-electron chi connectivity index (χ2n) is 6.26. The molecule has 2 amide bonds. The summed E-state index contributed by atoms with van der Waals surface area (Å²) >= 11 is 0. The van der Waals surface area contributed by atoms with Crippen LogP contribution in [0.3, 0.4) is 0 Å². The SMILES string of the molecule is COC(=O)C[C@@H]1CCCN1C(=O)NCCc1c[nH]c2ccc(F)cc12. The third kappa shape index (κ3) is 3.92. The zero-order valence-corrected chi connectivity index (χ0v) is 14.2. The number of amides is 2. The highest BCUT2D eigenvalue weighted by Crippen LogP contribution is 2.21. The summed E-state index contributed by atoms with van der Waals surface area (Å²) in [5, 5.41) is 3.72. The molecule has 0 spiro atoms. The van der Waals surface area contributed by atoms with Gasteiger partial charge in [0.25, 0.3) is 0 Å². The molecule has 0 saturated carbocycles. The van der Waals surface area contributed by atoms with Crippen molar-refractivity contribution in [3.63, 3.8) is 0 Å². The normalized spacial score (nSPS) is 17.0. The van der Waals surface area contributed by atoms with Crippen molar-refractivity contribution in [2.45, 2.75) is 31.7 Å². The molecule has 0 radical (unpaired) electrons. The molecule has 25 heavy (non-hydrogen) atoms. The summed E-state index contributed by atoms with van der Waals surface area (Å²) in [4.78, 5) is 28.6. The van der Waals surface area contributed by atoms with Gasteiger partial charge in [-0.25, -0.2) is 9.18 Å². The highest BCUT2D eigenvalue weighted by Gasteiger charge is 2.30. The molecule has 1 atom stereocenters. The van der Waals surface area contributed by atoms with Crippen molar-refractivity contribution in [3.05, 3.63) is 35.8 Å². The molecule has 1 aromatic heterocycles. The monoisotopic (exact) mass is 347 g/mol. The van der Waals surface area contributed by atoms with E-state index in [2.05, 4.69) is 15.0 Å². The predicted molar refractivity (Wildman–Crippen MR) is 91.7 cm³/mol. The van der Waals surface area contributed by atoms with Crippen LogP contribution in [0, 0.1) is 5.82 Å². The molecule has 1 fully saturated rings. The Labute approximate surface area is 145 Å². The number of ether oxygens (including phenoxy) is 1. The summed E-state index contributed by atoms with van der Waals surface area (Å²) < 4.78 is 18.1. The van der Waals surface area contributed by atoms with Gasteiger partial charge in [0, 0.05) is 36.2 Å². The van der Waals surface area contributed by atoms with Gasteiger partial charge in [0.1, 0.15) is 5.82 Å². The fourth-order valence-corrected chi connectivity index (χ4v) is 3.35. The van der Waals surface area contributed by atoms with E-state index in [1.54, 1.807) is 11.0 Å². The molecule has 1 aliphatic heterocycles. The van der Waals surface area contributed by atoms with E-state index in [-0.39, 0.29) is 30.3 Å². The summed E-state index contributed by atoms with van der Waals surface area (Å²) in [6, 6.07) is 4.34. The lowest BCUT2D eigenvalue weighted by Gasteiger charge is -2.24. The number of carbonyl (C=O) groups excluding carboxylic acids is 2. The number of benzene rings is 1. The van der Waals surface area contributed by atoms with Crippen molar-refractivity contribution < 1.29 is 18.7 Å². The number of urea groups is 1. The van der Waals surface area contributed by atoms with E-state index in [4.69, 9.17) is 0 Å². The number of carbonyl (C=O) groups is 2. The van der Waals surface area contributed by atoms with Crippen molar-refractivity contribution >= 4 is 22.9 Å². The van der Waals surface area contributed by atoms with Gasteiger partial charge in [-0.3, -0.25) is 4.79 Å². The number of hydrogen-bond donors (Lipinski definition) is 2. The van der Waals surface area contributed by atoms with E-state index in [1.165, 1.54) is 19.2 Å². The Morgan fingerprint density at radius 2 is 2.28 bits per heavy atom. The third-order valence-corrected chi connectivity index (χ3v) is 4.67. The van der Waals surface area contributed by atoms with Crippen molar-refractivity contribution in [1.82, 2.24) is 15.2 Å². The van der Waals surface area contributed by atoms with Crippen LogP contribution < -0.4 is 5.32 Å². The first-order chi connectivity index (χ1) is 12.1.